The summed E-state index contributed by atoms with van der Waals surface area (Å²) in [6.07, 6.45) is -2.62. The van der Waals surface area contributed by atoms with Gasteiger partial charge in [0.1, 0.15) is 0 Å². The maximum absolute atomic E-state index is 12.4. The van der Waals surface area contributed by atoms with Gasteiger partial charge in [0.05, 0.1) is 4.83 Å². The highest BCUT2D eigenvalue weighted by Gasteiger charge is 2.16. The summed E-state index contributed by atoms with van der Waals surface area (Å²) in [6, 6.07) is 3.70. The molecule has 1 unspecified atom stereocenters. The van der Waals surface area contributed by atoms with E-state index in [2.05, 4.69) is 15.9 Å². The van der Waals surface area contributed by atoms with Gasteiger partial charge in [0.15, 0.2) is 5.78 Å². The molecule has 1 nitrogen and oxygen atoms in total. The van der Waals surface area contributed by atoms with Crippen molar-refractivity contribution in [2.75, 3.05) is 0 Å². The summed E-state index contributed by atoms with van der Waals surface area (Å²) in [6.45, 7) is 1.63. The molecule has 15 heavy (non-hydrogen) atoms. The molecule has 0 bridgehead atoms. The second kappa shape index (κ2) is 5.03. The molecule has 0 spiro atoms. The Morgan fingerprint density at radius 3 is 2.47 bits per heavy atom. The van der Waals surface area contributed by atoms with Crippen molar-refractivity contribution in [3.8, 4) is 0 Å². The fraction of sp³-hybridized carbons (Fsp3) is 0.300. The molecule has 0 aromatic heterocycles. The SMILES string of the molecule is CC(Br)C(=O)c1cc(Cl)cc(C(F)F)c1. The third kappa shape index (κ3) is 3.24. The molecule has 0 aliphatic heterocycles. The largest absolute Gasteiger partial charge is 0.293 e. The summed E-state index contributed by atoms with van der Waals surface area (Å²) in [4.78, 5) is 11.1. The van der Waals surface area contributed by atoms with Crippen molar-refractivity contribution in [2.45, 2.75) is 18.2 Å². The topological polar surface area (TPSA) is 17.1 Å². The lowest BCUT2D eigenvalue weighted by atomic mass is 10.1. The van der Waals surface area contributed by atoms with Crippen LogP contribution in [-0.2, 0) is 0 Å². The van der Waals surface area contributed by atoms with Gasteiger partial charge in [-0.05, 0) is 25.1 Å². The zero-order valence-electron chi connectivity index (χ0n) is 7.81. The Kier molecular flexibility index (Phi) is 4.22. The lowest BCUT2D eigenvalue weighted by molar-refractivity contribution is 0.0995. The lowest BCUT2D eigenvalue weighted by Crippen LogP contribution is -2.10. The standard InChI is InChI=1S/C10H8BrClF2O/c1-5(11)9(15)6-2-7(10(13)14)4-8(12)3-6/h2-5,10H,1H3. The Balaban J connectivity index is 3.14. The molecule has 0 N–H and O–H groups in total. The molecule has 82 valence electrons. The van der Waals surface area contributed by atoms with Crippen LogP contribution in [0, 0.1) is 0 Å². The van der Waals surface area contributed by atoms with E-state index in [-0.39, 0.29) is 21.9 Å². The van der Waals surface area contributed by atoms with Gasteiger partial charge in [-0.2, -0.15) is 0 Å². The van der Waals surface area contributed by atoms with E-state index in [4.69, 9.17) is 11.6 Å². The van der Waals surface area contributed by atoms with Gasteiger partial charge in [-0.3, -0.25) is 4.79 Å². The average molecular weight is 298 g/mol. The molecular weight excluding hydrogens is 289 g/mol. The van der Waals surface area contributed by atoms with Gasteiger partial charge in [-0.25, -0.2) is 8.78 Å². The van der Waals surface area contributed by atoms with E-state index < -0.39 is 11.3 Å². The van der Waals surface area contributed by atoms with Crippen LogP contribution >= 0.6 is 27.5 Å². The second-order valence-electron chi connectivity index (χ2n) is 3.05. The maximum atomic E-state index is 12.4. The smallest absolute Gasteiger partial charge is 0.263 e. The van der Waals surface area contributed by atoms with Gasteiger partial charge in [0.25, 0.3) is 6.43 Å². The maximum Gasteiger partial charge on any atom is 0.263 e. The Bertz CT molecular complexity index is 380. The van der Waals surface area contributed by atoms with Crippen molar-refractivity contribution < 1.29 is 13.6 Å². The van der Waals surface area contributed by atoms with Gasteiger partial charge in [0, 0.05) is 16.1 Å². The van der Waals surface area contributed by atoms with E-state index in [1.807, 2.05) is 0 Å². The van der Waals surface area contributed by atoms with Crippen LogP contribution in [0.1, 0.15) is 29.3 Å². The van der Waals surface area contributed by atoms with E-state index in [9.17, 15) is 13.6 Å². The molecular formula is C10H8BrClF2O. The Labute approximate surface area is 99.6 Å². The number of Topliss-reactive ketones (excluding diaryl/α,β-unsaturated/α-hetero) is 1. The summed E-state index contributed by atoms with van der Waals surface area (Å²) in [7, 11) is 0. The number of carbonyl (C=O) groups is 1. The molecule has 1 aromatic carbocycles. The molecule has 0 fully saturated rings. The molecule has 0 saturated heterocycles. The molecule has 5 heteroatoms. The first-order valence-corrected chi connectivity index (χ1v) is 5.48. The van der Waals surface area contributed by atoms with Gasteiger partial charge in [-0.1, -0.05) is 27.5 Å². The number of rotatable bonds is 3. The molecule has 0 radical (unpaired) electrons. The van der Waals surface area contributed by atoms with Crippen molar-refractivity contribution in [1.82, 2.24) is 0 Å². The van der Waals surface area contributed by atoms with Crippen molar-refractivity contribution in [2.24, 2.45) is 0 Å². The van der Waals surface area contributed by atoms with E-state index in [1.165, 1.54) is 6.07 Å². The van der Waals surface area contributed by atoms with Crippen LogP contribution in [0.2, 0.25) is 5.02 Å². The molecule has 1 rings (SSSR count). The van der Waals surface area contributed by atoms with E-state index in [0.717, 1.165) is 12.1 Å². The van der Waals surface area contributed by atoms with Crippen LogP contribution in [-0.4, -0.2) is 10.6 Å². The number of halogens is 4. The number of alkyl halides is 3. The predicted octanol–water partition coefficient (Wildman–Crippen LogP) is 4.24. The molecule has 0 aliphatic rings. The third-order valence-corrected chi connectivity index (χ3v) is 2.45. The number of hydrogen-bond donors (Lipinski definition) is 0. The molecule has 1 aromatic rings. The van der Waals surface area contributed by atoms with Crippen molar-refractivity contribution in [3.05, 3.63) is 34.3 Å². The van der Waals surface area contributed by atoms with E-state index in [0.29, 0.717) is 0 Å². The van der Waals surface area contributed by atoms with Crippen LogP contribution in [0.3, 0.4) is 0 Å². The quantitative estimate of drug-likeness (QED) is 0.602. The van der Waals surface area contributed by atoms with Gasteiger partial charge >= 0.3 is 0 Å². The molecule has 0 saturated carbocycles. The number of ketones is 1. The van der Waals surface area contributed by atoms with Crippen LogP contribution in [0.25, 0.3) is 0 Å². The number of carbonyl (C=O) groups excluding carboxylic acids is 1. The summed E-state index contributed by atoms with van der Waals surface area (Å²) >= 11 is 8.72. The first-order chi connectivity index (χ1) is 6.91. The molecule has 0 amide bonds. The average Bonchev–Trinajstić information content (AvgIpc) is 2.15. The summed E-state index contributed by atoms with van der Waals surface area (Å²) in [5.41, 5.74) is -0.0406. The van der Waals surface area contributed by atoms with Crippen molar-refractivity contribution >= 4 is 33.3 Å². The Hall–Kier alpha value is -0.480. The summed E-state index contributed by atoms with van der Waals surface area (Å²) in [5.74, 6) is -0.264. The minimum Gasteiger partial charge on any atom is -0.293 e. The van der Waals surface area contributed by atoms with E-state index in [1.54, 1.807) is 6.92 Å². The minimum absolute atomic E-state index is 0.143. The molecule has 0 aliphatic carbocycles. The van der Waals surface area contributed by atoms with E-state index >= 15 is 0 Å². The molecule has 1 atom stereocenters. The first-order valence-electron chi connectivity index (χ1n) is 4.18. The second-order valence-corrected chi connectivity index (χ2v) is 4.86. The third-order valence-electron chi connectivity index (χ3n) is 1.82. The van der Waals surface area contributed by atoms with Crippen molar-refractivity contribution in [1.29, 1.82) is 0 Å². The highest BCUT2D eigenvalue weighted by Crippen LogP contribution is 2.25. The van der Waals surface area contributed by atoms with Crippen LogP contribution in [0.5, 0.6) is 0 Å². The fourth-order valence-corrected chi connectivity index (χ4v) is 1.62. The lowest BCUT2D eigenvalue weighted by Gasteiger charge is -2.06. The number of benzene rings is 1. The van der Waals surface area contributed by atoms with Crippen LogP contribution < -0.4 is 0 Å². The Morgan fingerprint density at radius 2 is 2.00 bits per heavy atom. The fourth-order valence-electron chi connectivity index (χ4n) is 1.11. The summed E-state index contributed by atoms with van der Waals surface area (Å²) < 4.78 is 24.8. The van der Waals surface area contributed by atoms with Crippen LogP contribution in [0.15, 0.2) is 18.2 Å². The Morgan fingerprint density at radius 1 is 1.40 bits per heavy atom. The monoisotopic (exact) mass is 296 g/mol. The first kappa shape index (κ1) is 12.6. The van der Waals surface area contributed by atoms with Gasteiger partial charge < -0.3 is 0 Å². The highest BCUT2D eigenvalue weighted by molar-refractivity contribution is 9.10. The van der Waals surface area contributed by atoms with Gasteiger partial charge in [-0.15, -0.1) is 0 Å². The number of hydrogen-bond acceptors (Lipinski definition) is 1. The van der Waals surface area contributed by atoms with Gasteiger partial charge in [0.2, 0.25) is 0 Å². The highest BCUT2D eigenvalue weighted by atomic mass is 79.9. The zero-order chi connectivity index (χ0) is 11.6. The zero-order valence-corrected chi connectivity index (χ0v) is 10.1. The minimum atomic E-state index is -2.62. The van der Waals surface area contributed by atoms with Crippen LogP contribution in [0.4, 0.5) is 8.78 Å². The predicted molar refractivity (Wildman–Crippen MR) is 59.1 cm³/mol. The molecule has 0 heterocycles. The van der Waals surface area contributed by atoms with Crippen molar-refractivity contribution in [3.63, 3.8) is 0 Å². The normalized spacial score (nSPS) is 12.9. The summed E-state index contributed by atoms with van der Waals surface area (Å²) in [5, 5.41) is 0.143.